The second kappa shape index (κ2) is 6.51. The van der Waals surface area contributed by atoms with E-state index in [1.807, 2.05) is 0 Å². The molecule has 0 aromatic carbocycles. The van der Waals surface area contributed by atoms with Crippen LogP contribution in [-0.4, -0.2) is 26.5 Å². The van der Waals surface area contributed by atoms with Crippen LogP contribution >= 0.6 is 23.4 Å². The Labute approximate surface area is 114 Å². The lowest BCUT2D eigenvalue weighted by Crippen LogP contribution is -2.04. The van der Waals surface area contributed by atoms with E-state index < -0.39 is 0 Å². The average Bonchev–Trinajstić information content (AvgIpc) is 2.41. The molecule has 94 valence electrons. The number of nitrogens with zero attached hydrogens (tertiary/aromatic N) is 4. The lowest BCUT2D eigenvalue weighted by Gasteiger charge is -2.06. The van der Waals surface area contributed by atoms with Crippen molar-refractivity contribution in [3.8, 4) is 0 Å². The van der Waals surface area contributed by atoms with Crippen molar-refractivity contribution < 1.29 is 0 Å². The van der Waals surface area contributed by atoms with Gasteiger partial charge in [-0.1, -0.05) is 18.5 Å². The molecule has 0 aliphatic carbocycles. The van der Waals surface area contributed by atoms with E-state index in [1.54, 1.807) is 24.8 Å². The van der Waals surface area contributed by atoms with Crippen LogP contribution in [0.5, 0.6) is 0 Å². The molecule has 0 bridgehead atoms. The van der Waals surface area contributed by atoms with Gasteiger partial charge in [-0.05, 0) is 18.2 Å². The zero-order chi connectivity index (χ0) is 12.8. The molecule has 2 aromatic heterocycles. The first-order valence-corrected chi connectivity index (χ1v) is 6.69. The third-order valence-electron chi connectivity index (χ3n) is 1.99. The van der Waals surface area contributed by atoms with Crippen LogP contribution < -0.4 is 5.32 Å². The molecule has 0 aliphatic rings. The Kier molecular flexibility index (Phi) is 4.72. The fraction of sp³-hybridized carbons (Fsp3) is 0.273. The molecule has 18 heavy (non-hydrogen) atoms. The Balaban J connectivity index is 2.16. The van der Waals surface area contributed by atoms with Gasteiger partial charge in [0.25, 0.3) is 0 Å². The summed E-state index contributed by atoms with van der Waals surface area (Å²) in [6.07, 6.45) is 7.53. The second-order valence-electron chi connectivity index (χ2n) is 3.42. The summed E-state index contributed by atoms with van der Waals surface area (Å²) in [4.78, 5) is 16.6. The summed E-state index contributed by atoms with van der Waals surface area (Å²) >= 11 is 7.42. The minimum Gasteiger partial charge on any atom is -0.354 e. The molecule has 0 saturated carbocycles. The molecule has 5 nitrogen and oxygen atoms in total. The van der Waals surface area contributed by atoms with E-state index in [2.05, 4.69) is 32.2 Å². The van der Waals surface area contributed by atoms with Crippen molar-refractivity contribution in [1.82, 2.24) is 19.9 Å². The highest BCUT2D eigenvalue weighted by Gasteiger charge is 2.08. The second-order valence-corrected chi connectivity index (χ2v) is 4.84. The first kappa shape index (κ1) is 13.0. The average molecular weight is 282 g/mol. The molecule has 0 fully saturated rings. The maximum Gasteiger partial charge on any atom is 0.223 e. The van der Waals surface area contributed by atoms with Gasteiger partial charge < -0.3 is 5.32 Å². The lowest BCUT2D eigenvalue weighted by molar-refractivity contribution is 0.934. The number of hydrogen-bond acceptors (Lipinski definition) is 6. The summed E-state index contributed by atoms with van der Waals surface area (Å²) in [5.41, 5.74) is 0. The zero-order valence-corrected chi connectivity index (χ0v) is 11.4. The molecule has 0 amide bonds. The van der Waals surface area contributed by atoms with E-state index in [4.69, 9.17) is 11.6 Å². The summed E-state index contributed by atoms with van der Waals surface area (Å²) in [6, 6.07) is 0. The minimum absolute atomic E-state index is 0.507. The summed E-state index contributed by atoms with van der Waals surface area (Å²) in [5, 5.41) is 5.05. The normalized spacial score (nSPS) is 10.3. The highest BCUT2D eigenvalue weighted by atomic mass is 35.5. The first-order valence-electron chi connectivity index (χ1n) is 5.50. The van der Waals surface area contributed by atoms with Gasteiger partial charge in [-0.3, -0.25) is 4.98 Å². The van der Waals surface area contributed by atoms with Crippen molar-refractivity contribution in [2.24, 2.45) is 0 Å². The molecular weight excluding hydrogens is 270 g/mol. The molecule has 2 aromatic rings. The largest absolute Gasteiger partial charge is 0.354 e. The van der Waals surface area contributed by atoms with Crippen LogP contribution in [-0.2, 0) is 0 Å². The van der Waals surface area contributed by atoms with Gasteiger partial charge in [0.1, 0.15) is 10.1 Å². The van der Waals surface area contributed by atoms with Gasteiger partial charge in [-0.25, -0.2) is 15.0 Å². The Morgan fingerprint density at radius 1 is 1.28 bits per heavy atom. The number of anilines is 1. The first-order chi connectivity index (χ1) is 8.79. The number of nitrogens with one attached hydrogen (secondary N) is 1. The smallest absolute Gasteiger partial charge is 0.223 e. The molecule has 0 unspecified atom stereocenters. The van der Waals surface area contributed by atoms with Gasteiger partial charge >= 0.3 is 0 Å². The molecule has 2 rings (SSSR count). The highest BCUT2D eigenvalue weighted by molar-refractivity contribution is 7.99. The fourth-order valence-electron chi connectivity index (χ4n) is 1.18. The number of aromatic nitrogens is 4. The van der Waals surface area contributed by atoms with Crippen LogP contribution in [0.15, 0.2) is 34.8 Å². The topological polar surface area (TPSA) is 63.6 Å². The molecule has 0 atom stereocenters. The molecule has 0 aliphatic heterocycles. The summed E-state index contributed by atoms with van der Waals surface area (Å²) < 4.78 is 0. The maximum absolute atomic E-state index is 6.06. The Morgan fingerprint density at radius 2 is 2.17 bits per heavy atom. The molecule has 1 N–H and O–H groups in total. The molecule has 0 saturated heterocycles. The van der Waals surface area contributed by atoms with Crippen LogP contribution in [0.4, 0.5) is 5.95 Å². The zero-order valence-electron chi connectivity index (χ0n) is 9.80. The molecule has 7 heteroatoms. The Morgan fingerprint density at radius 3 is 2.89 bits per heavy atom. The van der Waals surface area contributed by atoms with E-state index >= 15 is 0 Å². The number of hydrogen-bond donors (Lipinski definition) is 1. The van der Waals surface area contributed by atoms with Crippen molar-refractivity contribution in [2.45, 2.75) is 23.4 Å². The van der Waals surface area contributed by atoms with Crippen molar-refractivity contribution in [1.29, 1.82) is 0 Å². The van der Waals surface area contributed by atoms with Crippen molar-refractivity contribution in [2.75, 3.05) is 11.9 Å². The van der Waals surface area contributed by atoms with Gasteiger partial charge in [0.05, 0.1) is 17.4 Å². The molecule has 2 heterocycles. The quantitative estimate of drug-likeness (QED) is 0.850. The van der Waals surface area contributed by atoms with Crippen LogP contribution in [0.2, 0.25) is 5.02 Å². The standard InChI is InChI=1S/C11H12ClN5S/c1-2-3-15-11-16-6-8(12)10(17-11)18-9-7-13-4-5-14-9/h4-7H,2-3H2,1H3,(H,15,16,17). The summed E-state index contributed by atoms with van der Waals surface area (Å²) in [6.45, 7) is 2.91. The van der Waals surface area contributed by atoms with E-state index in [1.165, 1.54) is 11.8 Å². The van der Waals surface area contributed by atoms with Crippen LogP contribution in [0, 0.1) is 0 Å². The predicted octanol–water partition coefficient (Wildman–Crippen LogP) is 2.89. The Bertz CT molecular complexity index is 508. The minimum atomic E-state index is 0.507. The highest BCUT2D eigenvalue weighted by Crippen LogP contribution is 2.29. The van der Waals surface area contributed by atoms with E-state index in [9.17, 15) is 0 Å². The maximum atomic E-state index is 6.06. The van der Waals surface area contributed by atoms with Gasteiger partial charge in [0.2, 0.25) is 5.95 Å². The monoisotopic (exact) mass is 281 g/mol. The number of rotatable bonds is 5. The summed E-state index contributed by atoms with van der Waals surface area (Å²) in [7, 11) is 0. The van der Waals surface area contributed by atoms with Gasteiger partial charge in [0, 0.05) is 18.9 Å². The lowest BCUT2D eigenvalue weighted by atomic mass is 10.5. The van der Waals surface area contributed by atoms with E-state index in [-0.39, 0.29) is 0 Å². The van der Waals surface area contributed by atoms with E-state index in [0.717, 1.165) is 18.0 Å². The van der Waals surface area contributed by atoms with E-state index in [0.29, 0.717) is 16.0 Å². The third-order valence-corrected chi connectivity index (χ3v) is 3.30. The van der Waals surface area contributed by atoms with Crippen molar-refractivity contribution >= 4 is 29.3 Å². The predicted molar refractivity (Wildman–Crippen MR) is 72.0 cm³/mol. The van der Waals surface area contributed by atoms with Crippen molar-refractivity contribution in [3.05, 3.63) is 29.8 Å². The van der Waals surface area contributed by atoms with Gasteiger partial charge in [0.15, 0.2) is 0 Å². The number of halogens is 1. The van der Waals surface area contributed by atoms with Crippen LogP contribution in [0.25, 0.3) is 0 Å². The Hall–Kier alpha value is -1.40. The molecular formula is C11H12ClN5S. The molecule has 0 spiro atoms. The summed E-state index contributed by atoms with van der Waals surface area (Å²) in [5.74, 6) is 0.577. The molecule has 0 radical (unpaired) electrons. The third kappa shape index (κ3) is 3.54. The fourth-order valence-corrected chi connectivity index (χ4v) is 2.10. The van der Waals surface area contributed by atoms with Gasteiger partial charge in [-0.15, -0.1) is 0 Å². The van der Waals surface area contributed by atoms with Crippen LogP contribution in [0.1, 0.15) is 13.3 Å². The SMILES string of the molecule is CCCNc1ncc(Cl)c(Sc2cnccn2)n1. The van der Waals surface area contributed by atoms with Crippen molar-refractivity contribution in [3.63, 3.8) is 0 Å². The van der Waals surface area contributed by atoms with Crippen LogP contribution in [0.3, 0.4) is 0 Å². The van der Waals surface area contributed by atoms with Gasteiger partial charge in [-0.2, -0.15) is 0 Å².